The first-order valence-electron chi connectivity index (χ1n) is 5.13. The Balaban J connectivity index is 1.93. The number of nitrogens with two attached hydrogens (primary N) is 1. The van der Waals surface area contributed by atoms with Gasteiger partial charge in [0, 0.05) is 24.7 Å². The number of benzene rings is 1. The molecule has 0 saturated heterocycles. The molecule has 0 fully saturated rings. The zero-order chi connectivity index (χ0) is 10.7. The standard InChI is InChI=1S/C11H15N3O/c12-11(15)13-6-5-8-7-14-10-4-2-1-3-9(8)10/h1-4,8,14H,5-7H2,(H3,12,13,15). The Morgan fingerprint density at radius 1 is 1.53 bits per heavy atom. The van der Waals surface area contributed by atoms with Crippen LogP contribution in [0.2, 0.25) is 0 Å². The summed E-state index contributed by atoms with van der Waals surface area (Å²) in [6.45, 7) is 1.58. The fourth-order valence-electron chi connectivity index (χ4n) is 1.98. The lowest BCUT2D eigenvalue weighted by Crippen LogP contribution is -2.30. The second kappa shape index (κ2) is 4.21. The highest BCUT2D eigenvalue weighted by atomic mass is 16.2. The molecule has 1 aromatic rings. The van der Waals surface area contributed by atoms with E-state index in [-0.39, 0.29) is 0 Å². The highest BCUT2D eigenvalue weighted by molar-refractivity contribution is 5.71. The predicted molar refractivity (Wildman–Crippen MR) is 59.9 cm³/mol. The third-order valence-corrected chi connectivity index (χ3v) is 2.73. The van der Waals surface area contributed by atoms with E-state index in [1.807, 2.05) is 12.1 Å². The molecule has 4 N–H and O–H groups in total. The highest BCUT2D eigenvalue weighted by Gasteiger charge is 2.20. The third-order valence-electron chi connectivity index (χ3n) is 2.73. The number of hydrogen-bond acceptors (Lipinski definition) is 2. The van der Waals surface area contributed by atoms with Gasteiger partial charge in [0.2, 0.25) is 0 Å². The first-order chi connectivity index (χ1) is 7.27. The minimum absolute atomic E-state index is 0.450. The van der Waals surface area contributed by atoms with E-state index < -0.39 is 6.03 Å². The molecule has 80 valence electrons. The van der Waals surface area contributed by atoms with Gasteiger partial charge >= 0.3 is 6.03 Å². The van der Waals surface area contributed by atoms with E-state index >= 15 is 0 Å². The Labute approximate surface area is 88.9 Å². The molecular formula is C11H15N3O. The SMILES string of the molecule is NC(=O)NCCC1CNc2ccccc21. The zero-order valence-corrected chi connectivity index (χ0v) is 8.49. The maximum Gasteiger partial charge on any atom is 0.312 e. The summed E-state index contributed by atoms with van der Waals surface area (Å²) in [6, 6.07) is 7.83. The smallest absolute Gasteiger partial charge is 0.312 e. The van der Waals surface area contributed by atoms with Crippen molar-refractivity contribution in [3.05, 3.63) is 29.8 Å². The van der Waals surface area contributed by atoms with Gasteiger partial charge in [-0.2, -0.15) is 0 Å². The van der Waals surface area contributed by atoms with E-state index in [2.05, 4.69) is 22.8 Å². The summed E-state index contributed by atoms with van der Waals surface area (Å²) in [5, 5.41) is 5.96. The molecule has 4 nitrogen and oxygen atoms in total. The second-order valence-electron chi connectivity index (χ2n) is 3.74. The molecule has 1 atom stereocenters. The van der Waals surface area contributed by atoms with Crippen molar-refractivity contribution in [3.63, 3.8) is 0 Å². The molecule has 0 aromatic heterocycles. The monoisotopic (exact) mass is 205 g/mol. The number of para-hydroxylation sites is 1. The summed E-state index contributed by atoms with van der Waals surface area (Å²) < 4.78 is 0. The van der Waals surface area contributed by atoms with E-state index in [9.17, 15) is 4.79 Å². The molecule has 1 aromatic carbocycles. The number of fused-ring (bicyclic) bond motifs is 1. The summed E-state index contributed by atoms with van der Waals surface area (Å²) >= 11 is 0. The van der Waals surface area contributed by atoms with Gasteiger partial charge in [0.1, 0.15) is 0 Å². The van der Waals surface area contributed by atoms with Crippen molar-refractivity contribution in [1.82, 2.24) is 5.32 Å². The van der Waals surface area contributed by atoms with Crippen LogP contribution in [-0.4, -0.2) is 19.1 Å². The quantitative estimate of drug-likeness (QED) is 0.695. The Morgan fingerprint density at radius 2 is 2.33 bits per heavy atom. The lowest BCUT2D eigenvalue weighted by Gasteiger charge is -2.09. The van der Waals surface area contributed by atoms with Gasteiger partial charge in [-0.1, -0.05) is 18.2 Å². The van der Waals surface area contributed by atoms with Gasteiger partial charge in [-0.15, -0.1) is 0 Å². The minimum Gasteiger partial charge on any atom is -0.384 e. The largest absolute Gasteiger partial charge is 0.384 e. The van der Waals surface area contributed by atoms with Crippen LogP contribution in [0, 0.1) is 0 Å². The van der Waals surface area contributed by atoms with Crippen molar-refractivity contribution in [2.24, 2.45) is 5.73 Å². The van der Waals surface area contributed by atoms with Gasteiger partial charge in [-0.3, -0.25) is 0 Å². The van der Waals surface area contributed by atoms with Crippen LogP contribution in [0.4, 0.5) is 10.5 Å². The zero-order valence-electron chi connectivity index (χ0n) is 8.49. The van der Waals surface area contributed by atoms with E-state index in [1.165, 1.54) is 11.3 Å². The number of hydrogen-bond donors (Lipinski definition) is 3. The van der Waals surface area contributed by atoms with Crippen LogP contribution in [0.3, 0.4) is 0 Å². The summed E-state index contributed by atoms with van der Waals surface area (Å²) in [5.74, 6) is 0.480. The number of amides is 2. The Morgan fingerprint density at radius 3 is 3.13 bits per heavy atom. The van der Waals surface area contributed by atoms with E-state index in [0.717, 1.165) is 13.0 Å². The lowest BCUT2D eigenvalue weighted by atomic mass is 9.98. The van der Waals surface area contributed by atoms with Gasteiger partial charge in [-0.25, -0.2) is 4.79 Å². The molecule has 2 amide bonds. The number of nitrogens with one attached hydrogen (secondary N) is 2. The fourth-order valence-corrected chi connectivity index (χ4v) is 1.98. The molecule has 1 aliphatic rings. The van der Waals surface area contributed by atoms with Gasteiger partial charge in [0.05, 0.1) is 0 Å². The molecule has 1 unspecified atom stereocenters. The minimum atomic E-state index is -0.450. The van der Waals surface area contributed by atoms with E-state index in [0.29, 0.717) is 12.5 Å². The van der Waals surface area contributed by atoms with Crippen molar-refractivity contribution in [1.29, 1.82) is 0 Å². The predicted octanol–water partition coefficient (Wildman–Crippen LogP) is 1.25. The molecule has 1 aliphatic heterocycles. The normalized spacial score (nSPS) is 18.0. The van der Waals surface area contributed by atoms with Crippen LogP contribution in [0.1, 0.15) is 17.9 Å². The number of anilines is 1. The molecule has 0 radical (unpaired) electrons. The maximum absolute atomic E-state index is 10.5. The highest BCUT2D eigenvalue weighted by Crippen LogP contribution is 2.32. The summed E-state index contributed by atoms with van der Waals surface area (Å²) in [7, 11) is 0. The van der Waals surface area contributed by atoms with Crippen molar-refractivity contribution < 1.29 is 4.79 Å². The van der Waals surface area contributed by atoms with Gasteiger partial charge in [-0.05, 0) is 18.1 Å². The van der Waals surface area contributed by atoms with Crippen molar-refractivity contribution in [2.75, 3.05) is 18.4 Å². The van der Waals surface area contributed by atoms with Crippen LogP contribution in [0.5, 0.6) is 0 Å². The Hall–Kier alpha value is -1.71. The Bertz CT molecular complexity index is 365. The molecule has 15 heavy (non-hydrogen) atoms. The number of carbonyl (C=O) groups is 1. The van der Waals surface area contributed by atoms with Crippen LogP contribution in [-0.2, 0) is 0 Å². The average molecular weight is 205 g/mol. The van der Waals surface area contributed by atoms with E-state index in [1.54, 1.807) is 0 Å². The molecule has 1 heterocycles. The molecule has 4 heteroatoms. The molecule has 0 bridgehead atoms. The van der Waals surface area contributed by atoms with Crippen LogP contribution < -0.4 is 16.4 Å². The first-order valence-corrected chi connectivity index (χ1v) is 5.13. The molecular weight excluding hydrogens is 190 g/mol. The lowest BCUT2D eigenvalue weighted by molar-refractivity contribution is 0.248. The molecule has 0 spiro atoms. The summed E-state index contributed by atoms with van der Waals surface area (Å²) in [6.07, 6.45) is 0.924. The number of rotatable bonds is 3. The Kier molecular flexibility index (Phi) is 2.76. The fraction of sp³-hybridized carbons (Fsp3) is 0.364. The topological polar surface area (TPSA) is 67.2 Å². The summed E-state index contributed by atoms with van der Waals surface area (Å²) in [5.41, 5.74) is 7.55. The van der Waals surface area contributed by atoms with Crippen LogP contribution in [0.25, 0.3) is 0 Å². The van der Waals surface area contributed by atoms with Gasteiger partial charge in [0.15, 0.2) is 0 Å². The maximum atomic E-state index is 10.5. The van der Waals surface area contributed by atoms with Crippen LogP contribution >= 0.6 is 0 Å². The van der Waals surface area contributed by atoms with E-state index in [4.69, 9.17) is 5.73 Å². The number of urea groups is 1. The van der Waals surface area contributed by atoms with Crippen LogP contribution in [0.15, 0.2) is 24.3 Å². The number of carbonyl (C=O) groups excluding carboxylic acids is 1. The molecule has 2 rings (SSSR count). The molecule has 0 saturated carbocycles. The van der Waals surface area contributed by atoms with Crippen molar-refractivity contribution >= 4 is 11.7 Å². The van der Waals surface area contributed by atoms with Gasteiger partial charge < -0.3 is 16.4 Å². The van der Waals surface area contributed by atoms with Gasteiger partial charge in [0.25, 0.3) is 0 Å². The molecule has 0 aliphatic carbocycles. The average Bonchev–Trinajstić information content (AvgIpc) is 2.62. The summed E-state index contributed by atoms with van der Waals surface area (Å²) in [4.78, 5) is 10.5. The van der Waals surface area contributed by atoms with Crippen molar-refractivity contribution in [3.8, 4) is 0 Å². The third kappa shape index (κ3) is 2.21. The first kappa shape index (κ1) is 9.83. The number of primary amides is 1. The van der Waals surface area contributed by atoms with Crippen molar-refractivity contribution in [2.45, 2.75) is 12.3 Å². The second-order valence-corrected chi connectivity index (χ2v) is 3.74.